The second-order valence-corrected chi connectivity index (χ2v) is 6.26. The number of benzene rings is 2. The van der Waals surface area contributed by atoms with E-state index >= 15 is 0 Å². The number of aliphatic hydroxyl groups is 3. The van der Waals surface area contributed by atoms with Crippen molar-refractivity contribution in [3.63, 3.8) is 0 Å². The Morgan fingerprint density at radius 1 is 0.769 bits per heavy atom. The van der Waals surface area contributed by atoms with Crippen molar-refractivity contribution in [2.24, 2.45) is 0 Å². The highest BCUT2D eigenvalue weighted by Gasteiger charge is 2.46. The predicted octanol–water partition coefficient (Wildman–Crippen LogP) is 1.23. The molecule has 2 aromatic rings. The van der Waals surface area contributed by atoms with Crippen LogP contribution < -0.4 is 0 Å². The molecule has 1 aliphatic heterocycles. The molecule has 0 saturated carbocycles. The van der Waals surface area contributed by atoms with E-state index in [1.165, 1.54) is 0 Å². The van der Waals surface area contributed by atoms with Crippen molar-refractivity contribution >= 4 is 0 Å². The third-order valence-corrected chi connectivity index (χ3v) is 4.39. The van der Waals surface area contributed by atoms with Crippen molar-refractivity contribution in [3.05, 3.63) is 71.8 Å². The van der Waals surface area contributed by atoms with Crippen molar-refractivity contribution in [3.8, 4) is 0 Å². The van der Waals surface area contributed by atoms with E-state index in [2.05, 4.69) is 0 Å². The van der Waals surface area contributed by atoms with E-state index in [0.29, 0.717) is 0 Å². The van der Waals surface area contributed by atoms with Crippen molar-refractivity contribution in [1.82, 2.24) is 0 Å². The van der Waals surface area contributed by atoms with Crippen LogP contribution >= 0.6 is 0 Å². The molecule has 2 aromatic carbocycles. The lowest BCUT2D eigenvalue weighted by Gasteiger charge is -2.42. The van der Waals surface area contributed by atoms with Gasteiger partial charge in [-0.25, -0.2) is 0 Å². The van der Waals surface area contributed by atoms with Gasteiger partial charge in [0.2, 0.25) is 0 Å². The van der Waals surface area contributed by atoms with Gasteiger partial charge in [0.15, 0.2) is 6.29 Å². The summed E-state index contributed by atoms with van der Waals surface area (Å²) in [6.45, 7) is 0.0705. The Balaban J connectivity index is 1.69. The number of rotatable bonds is 7. The molecule has 0 spiro atoms. The van der Waals surface area contributed by atoms with Crippen LogP contribution in [0.2, 0.25) is 0 Å². The van der Waals surface area contributed by atoms with Gasteiger partial charge in [0.25, 0.3) is 0 Å². The van der Waals surface area contributed by atoms with E-state index in [0.717, 1.165) is 11.1 Å². The van der Waals surface area contributed by atoms with Gasteiger partial charge < -0.3 is 29.5 Å². The summed E-state index contributed by atoms with van der Waals surface area (Å²) in [6.07, 6.45) is -5.06. The van der Waals surface area contributed by atoms with Crippen molar-refractivity contribution in [1.29, 1.82) is 0 Å². The minimum Gasteiger partial charge on any atom is -0.394 e. The molecule has 0 radical (unpaired) electrons. The Bertz CT molecular complexity index is 650. The minimum absolute atomic E-state index is 0.244. The molecule has 0 amide bonds. The average Bonchev–Trinajstić information content (AvgIpc) is 2.69. The molecule has 140 valence electrons. The second-order valence-electron chi connectivity index (χ2n) is 6.26. The highest BCUT2D eigenvalue weighted by molar-refractivity contribution is 5.14. The third kappa shape index (κ3) is 4.67. The predicted molar refractivity (Wildman–Crippen MR) is 94.0 cm³/mol. The number of ether oxygens (including phenoxy) is 3. The zero-order valence-corrected chi connectivity index (χ0v) is 14.3. The van der Waals surface area contributed by atoms with Crippen LogP contribution in [0.25, 0.3) is 0 Å². The lowest BCUT2D eigenvalue weighted by Crippen LogP contribution is -2.60. The Kier molecular flexibility index (Phi) is 6.73. The van der Waals surface area contributed by atoms with Crippen LogP contribution in [-0.4, -0.2) is 52.6 Å². The van der Waals surface area contributed by atoms with Gasteiger partial charge in [-0.05, 0) is 11.1 Å². The van der Waals surface area contributed by atoms with Crippen molar-refractivity contribution < 1.29 is 29.5 Å². The van der Waals surface area contributed by atoms with E-state index in [-0.39, 0.29) is 13.2 Å². The van der Waals surface area contributed by atoms with Gasteiger partial charge in [-0.3, -0.25) is 0 Å². The number of aliphatic hydroxyl groups excluding tert-OH is 3. The molecule has 0 aliphatic carbocycles. The standard InChI is InChI=1S/C20H24O6/c21-11-16-17(22)18(24-12-14-7-3-1-4-8-14)19(20(23)26-16)25-13-15-9-5-2-6-10-15/h1-10,16-23H,11-13H2. The normalized spacial score (nSPS) is 28.8. The Morgan fingerprint density at radius 2 is 1.27 bits per heavy atom. The van der Waals surface area contributed by atoms with Crippen LogP contribution in [-0.2, 0) is 27.4 Å². The quantitative estimate of drug-likeness (QED) is 0.688. The molecule has 1 fully saturated rings. The van der Waals surface area contributed by atoms with Gasteiger partial charge in [-0.2, -0.15) is 0 Å². The zero-order valence-electron chi connectivity index (χ0n) is 14.3. The smallest absolute Gasteiger partial charge is 0.184 e. The summed E-state index contributed by atoms with van der Waals surface area (Å²) < 4.78 is 16.9. The molecule has 5 atom stereocenters. The van der Waals surface area contributed by atoms with Gasteiger partial charge in [-0.1, -0.05) is 60.7 Å². The minimum atomic E-state index is -1.31. The molecular weight excluding hydrogens is 336 g/mol. The maximum atomic E-state index is 10.5. The molecule has 1 heterocycles. The monoisotopic (exact) mass is 360 g/mol. The molecular formula is C20H24O6. The molecule has 0 bridgehead atoms. The topological polar surface area (TPSA) is 88.4 Å². The van der Waals surface area contributed by atoms with Crippen LogP contribution in [0.5, 0.6) is 0 Å². The average molecular weight is 360 g/mol. The van der Waals surface area contributed by atoms with Crippen LogP contribution in [0.1, 0.15) is 11.1 Å². The molecule has 1 saturated heterocycles. The van der Waals surface area contributed by atoms with E-state index in [4.69, 9.17) is 14.2 Å². The largest absolute Gasteiger partial charge is 0.394 e. The van der Waals surface area contributed by atoms with Crippen molar-refractivity contribution in [2.45, 2.75) is 43.9 Å². The van der Waals surface area contributed by atoms with Gasteiger partial charge in [0, 0.05) is 0 Å². The number of hydrogen-bond acceptors (Lipinski definition) is 6. The van der Waals surface area contributed by atoms with Crippen molar-refractivity contribution in [2.75, 3.05) is 6.61 Å². The SMILES string of the molecule is OCC1OC(O)C(OCc2ccccc2)C(OCc2ccccc2)C1O. The molecule has 3 rings (SSSR count). The van der Waals surface area contributed by atoms with Gasteiger partial charge in [-0.15, -0.1) is 0 Å². The first-order valence-corrected chi connectivity index (χ1v) is 8.62. The fraction of sp³-hybridized carbons (Fsp3) is 0.400. The Morgan fingerprint density at radius 3 is 1.77 bits per heavy atom. The highest BCUT2D eigenvalue weighted by Crippen LogP contribution is 2.26. The van der Waals surface area contributed by atoms with Crippen LogP contribution in [0.15, 0.2) is 60.7 Å². The summed E-state index contributed by atoms with van der Waals surface area (Å²) in [7, 11) is 0. The zero-order chi connectivity index (χ0) is 18.4. The maximum Gasteiger partial charge on any atom is 0.184 e. The molecule has 0 aromatic heterocycles. The van der Waals surface area contributed by atoms with Crippen LogP contribution in [0.4, 0.5) is 0 Å². The summed E-state index contributed by atoms with van der Waals surface area (Å²) in [6, 6.07) is 19.0. The Hall–Kier alpha value is -1.80. The number of hydrogen-bond donors (Lipinski definition) is 3. The summed E-state index contributed by atoms with van der Waals surface area (Å²) in [5, 5.41) is 30.2. The summed E-state index contributed by atoms with van der Waals surface area (Å²) in [4.78, 5) is 0. The highest BCUT2D eigenvalue weighted by atomic mass is 16.7. The molecule has 1 aliphatic rings. The Labute approximate surface area is 152 Å². The van der Waals surface area contributed by atoms with Gasteiger partial charge in [0.05, 0.1) is 19.8 Å². The van der Waals surface area contributed by atoms with E-state index in [9.17, 15) is 15.3 Å². The first-order chi connectivity index (χ1) is 12.7. The second kappa shape index (κ2) is 9.23. The lowest BCUT2D eigenvalue weighted by molar-refractivity contribution is -0.307. The third-order valence-electron chi connectivity index (χ3n) is 4.39. The van der Waals surface area contributed by atoms with Crippen LogP contribution in [0.3, 0.4) is 0 Å². The van der Waals surface area contributed by atoms with Gasteiger partial charge >= 0.3 is 0 Å². The molecule has 5 unspecified atom stereocenters. The van der Waals surface area contributed by atoms with E-state index in [1.807, 2.05) is 60.7 Å². The van der Waals surface area contributed by atoms with E-state index < -0.39 is 37.3 Å². The lowest BCUT2D eigenvalue weighted by atomic mass is 9.98. The summed E-state index contributed by atoms with van der Waals surface area (Å²) in [5.41, 5.74) is 1.86. The van der Waals surface area contributed by atoms with Crippen LogP contribution in [0, 0.1) is 0 Å². The first-order valence-electron chi connectivity index (χ1n) is 8.62. The molecule has 3 N–H and O–H groups in total. The molecule has 6 heteroatoms. The molecule has 26 heavy (non-hydrogen) atoms. The fourth-order valence-electron chi connectivity index (χ4n) is 2.96. The first kappa shape index (κ1) is 19.0. The fourth-order valence-corrected chi connectivity index (χ4v) is 2.96. The summed E-state index contributed by atoms with van der Waals surface area (Å²) >= 11 is 0. The van der Waals surface area contributed by atoms with E-state index in [1.54, 1.807) is 0 Å². The molecule has 6 nitrogen and oxygen atoms in total. The maximum absolute atomic E-state index is 10.5. The summed E-state index contributed by atoms with van der Waals surface area (Å²) in [5.74, 6) is 0. The van der Waals surface area contributed by atoms with Gasteiger partial charge in [0.1, 0.15) is 24.4 Å².